The summed E-state index contributed by atoms with van der Waals surface area (Å²) < 4.78 is 27.5. The highest BCUT2D eigenvalue weighted by Gasteiger charge is 2.37. The predicted octanol–water partition coefficient (Wildman–Crippen LogP) is 3.82. The SMILES string of the molecule is O=C(NN1CCCCC1)NS(=O)(=O)c1ccc(CN2C(=O)c3ccccc3C2c2ccccc2)cc1. The molecule has 0 spiro atoms. The van der Waals surface area contributed by atoms with Crippen LogP contribution in [0.5, 0.6) is 0 Å². The fraction of sp³-hybridized carbons (Fsp3) is 0.259. The Hall–Kier alpha value is -3.69. The third-order valence-corrected chi connectivity index (χ3v) is 7.95. The van der Waals surface area contributed by atoms with Gasteiger partial charge in [-0.2, -0.15) is 0 Å². The summed E-state index contributed by atoms with van der Waals surface area (Å²) in [5, 5.41) is 1.73. The van der Waals surface area contributed by atoms with Crippen molar-refractivity contribution in [3.8, 4) is 0 Å². The molecule has 0 aromatic heterocycles. The van der Waals surface area contributed by atoms with Crippen LogP contribution in [0.2, 0.25) is 0 Å². The Bertz CT molecular complexity index is 1350. The molecular formula is C27H28N4O4S. The molecule has 1 unspecified atom stereocenters. The van der Waals surface area contributed by atoms with Crippen molar-refractivity contribution in [3.63, 3.8) is 0 Å². The Morgan fingerprint density at radius 2 is 1.53 bits per heavy atom. The number of nitrogens with zero attached hydrogens (tertiary/aromatic N) is 2. The third-order valence-electron chi connectivity index (χ3n) is 6.60. The smallest absolute Gasteiger partial charge is 0.323 e. The summed E-state index contributed by atoms with van der Waals surface area (Å²) in [5.41, 5.74) is 6.03. The Morgan fingerprint density at radius 1 is 0.861 bits per heavy atom. The monoisotopic (exact) mass is 504 g/mol. The molecule has 0 aliphatic carbocycles. The molecule has 1 atom stereocenters. The zero-order valence-electron chi connectivity index (χ0n) is 19.8. The fourth-order valence-electron chi connectivity index (χ4n) is 4.85. The minimum Gasteiger partial charge on any atom is -0.323 e. The van der Waals surface area contributed by atoms with Gasteiger partial charge in [0.15, 0.2) is 0 Å². The van der Waals surface area contributed by atoms with Gasteiger partial charge in [-0.1, -0.05) is 67.1 Å². The highest BCUT2D eigenvalue weighted by atomic mass is 32.2. The summed E-state index contributed by atoms with van der Waals surface area (Å²) >= 11 is 0. The predicted molar refractivity (Wildman–Crippen MR) is 135 cm³/mol. The second kappa shape index (κ2) is 10.1. The summed E-state index contributed by atoms with van der Waals surface area (Å²) in [7, 11) is -4.03. The van der Waals surface area contributed by atoms with E-state index in [0.717, 1.165) is 36.0 Å². The molecule has 1 fully saturated rings. The number of hydrogen-bond acceptors (Lipinski definition) is 5. The van der Waals surface area contributed by atoms with E-state index in [-0.39, 0.29) is 16.8 Å². The Labute approximate surface area is 210 Å². The van der Waals surface area contributed by atoms with Crippen molar-refractivity contribution >= 4 is 22.0 Å². The average Bonchev–Trinajstić information content (AvgIpc) is 3.16. The first kappa shape index (κ1) is 24.0. The number of amides is 3. The number of rotatable bonds is 6. The number of sulfonamides is 1. The van der Waals surface area contributed by atoms with Gasteiger partial charge < -0.3 is 4.90 Å². The minimum absolute atomic E-state index is 0.0179. The second-order valence-electron chi connectivity index (χ2n) is 9.07. The first-order chi connectivity index (χ1) is 17.4. The summed E-state index contributed by atoms with van der Waals surface area (Å²) in [4.78, 5) is 27.3. The molecule has 186 valence electrons. The summed E-state index contributed by atoms with van der Waals surface area (Å²) in [6, 6.07) is 22.7. The van der Waals surface area contributed by atoms with Crippen LogP contribution in [0.3, 0.4) is 0 Å². The quantitative estimate of drug-likeness (QED) is 0.532. The number of urea groups is 1. The van der Waals surface area contributed by atoms with E-state index < -0.39 is 16.1 Å². The number of fused-ring (bicyclic) bond motifs is 1. The molecule has 3 aromatic rings. The van der Waals surface area contributed by atoms with Crippen LogP contribution in [0.4, 0.5) is 4.79 Å². The van der Waals surface area contributed by atoms with Gasteiger partial charge in [0.1, 0.15) is 0 Å². The Balaban J connectivity index is 1.31. The fourth-order valence-corrected chi connectivity index (χ4v) is 5.75. The number of carbonyl (C=O) groups excluding carboxylic acids is 2. The third kappa shape index (κ3) is 4.98. The zero-order chi connectivity index (χ0) is 25.1. The van der Waals surface area contributed by atoms with Crippen molar-refractivity contribution < 1.29 is 18.0 Å². The lowest BCUT2D eigenvalue weighted by molar-refractivity contribution is 0.0736. The van der Waals surface area contributed by atoms with Crippen LogP contribution in [0, 0.1) is 0 Å². The van der Waals surface area contributed by atoms with Gasteiger partial charge in [0, 0.05) is 25.2 Å². The number of nitrogens with one attached hydrogen (secondary N) is 2. The minimum atomic E-state index is -4.03. The van der Waals surface area contributed by atoms with Crippen LogP contribution in [0.1, 0.15) is 52.4 Å². The van der Waals surface area contributed by atoms with Crippen LogP contribution in [0.15, 0.2) is 83.8 Å². The molecule has 8 nitrogen and oxygen atoms in total. The molecule has 0 bridgehead atoms. The van der Waals surface area contributed by atoms with E-state index in [1.807, 2.05) is 54.6 Å². The van der Waals surface area contributed by atoms with Crippen molar-refractivity contribution in [3.05, 3.63) is 101 Å². The maximum atomic E-state index is 13.3. The molecule has 2 aliphatic rings. The van der Waals surface area contributed by atoms with Crippen molar-refractivity contribution in [2.45, 2.75) is 36.7 Å². The van der Waals surface area contributed by atoms with Crippen LogP contribution < -0.4 is 10.1 Å². The van der Waals surface area contributed by atoms with Crippen molar-refractivity contribution in [2.24, 2.45) is 0 Å². The van der Waals surface area contributed by atoms with E-state index in [1.54, 1.807) is 22.0 Å². The normalized spacial score (nSPS) is 18.1. The molecule has 3 amide bonds. The van der Waals surface area contributed by atoms with Gasteiger partial charge in [-0.15, -0.1) is 0 Å². The highest BCUT2D eigenvalue weighted by molar-refractivity contribution is 7.90. The number of hydrogen-bond donors (Lipinski definition) is 2. The van der Waals surface area contributed by atoms with Gasteiger partial charge in [-0.25, -0.2) is 22.9 Å². The van der Waals surface area contributed by atoms with Crippen LogP contribution in [0.25, 0.3) is 0 Å². The Morgan fingerprint density at radius 3 is 2.25 bits per heavy atom. The van der Waals surface area contributed by atoms with Crippen molar-refractivity contribution in [1.82, 2.24) is 20.1 Å². The van der Waals surface area contributed by atoms with Crippen molar-refractivity contribution in [2.75, 3.05) is 13.1 Å². The molecule has 0 radical (unpaired) electrons. The maximum Gasteiger partial charge on any atom is 0.343 e. The van der Waals surface area contributed by atoms with Gasteiger partial charge in [-0.3, -0.25) is 10.2 Å². The van der Waals surface area contributed by atoms with Gasteiger partial charge >= 0.3 is 6.03 Å². The van der Waals surface area contributed by atoms with E-state index in [9.17, 15) is 18.0 Å². The number of piperidine rings is 1. The average molecular weight is 505 g/mol. The maximum absolute atomic E-state index is 13.3. The standard InChI is InChI=1S/C27H28N4O4S/c32-26-24-12-6-5-11-23(24)25(21-9-3-1-4-10-21)31(26)19-20-13-15-22(16-14-20)36(34,35)29-27(33)28-30-17-7-2-8-18-30/h1,3-6,9-16,25H,2,7-8,17-19H2,(H2,28,29,33). The molecule has 5 rings (SSSR count). The summed E-state index contributed by atoms with van der Waals surface area (Å²) in [5.74, 6) is -0.0628. The lowest BCUT2D eigenvalue weighted by Gasteiger charge is -2.26. The first-order valence-electron chi connectivity index (χ1n) is 12.0. The zero-order valence-corrected chi connectivity index (χ0v) is 20.6. The largest absolute Gasteiger partial charge is 0.343 e. The van der Waals surface area contributed by atoms with Gasteiger partial charge in [0.25, 0.3) is 15.9 Å². The van der Waals surface area contributed by atoms with Crippen LogP contribution in [-0.2, 0) is 16.6 Å². The summed E-state index contributed by atoms with van der Waals surface area (Å²) in [6.07, 6.45) is 3.03. The van der Waals surface area contributed by atoms with Gasteiger partial charge in [0.05, 0.1) is 10.9 Å². The highest BCUT2D eigenvalue weighted by Crippen LogP contribution is 2.39. The lowest BCUT2D eigenvalue weighted by atomic mass is 9.98. The molecule has 3 aromatic carbocycles. The van der Waals surface area contributed by atoms with Crippen molar-refractivity contribution in [1.29, 1.82) is 0 Å². The number of carbonyl (C=O) groups is 2. The molecule has 9 heteroatoms. The van der Waals surface area contributed by atoms with E-state index in [4.69, 9.17) is 0 Å². The molecule has 1 saturated heterocycles. The van der Waals surface area contributed by atoms with Crippen LogP contribution >= 0.6 is 0 Å². The van der Waals surface area contributed by atoms with E-state index in [2.05, 4.69) is 10.1 Å². The lowest BCUT2D eigenvalue weighted by Crippen LogP contribution is -2.50. The van der Waals surface area contributed by atoms with Crippen LogP contribution in [-0.4, -0.2) is 43.4 Å². The van der Waals surface area contributed by atoms with Gasteiger partial charge in [0.2, 0.25) is 0 Å². The molecule has 0 saturated carbocycles. The second-order valence-corrected chi connectivity index (χ2v) is 10.8. The molecule has 2 heterocycles. The molecule has 2 N–H and O–H groups in total. The number of benzene rings is 3. The molecule has 2 aliphatic heterocycles. The summed E-state index contributed by atoms with van der Waals surface area (Å²) in [6.45, 7) is 1.72. The molecule has 36 heavy (non-hydrogen) atoms. The molecular weight excluding hydrogens is 476 g/mol. The first-order valence-corrected chi connectivity index (χ1v) is 13.5. The Kier molecular flexibility index (Phi) is 6.75. The van der Waals surface area contributed by atoms with E-state index >= 15 is 0 Å². The van der Waals surface area contributed by atoms with E-state index in [0.29, 0.717) is 25.2 Å². The van der Waals surface area contributed by atoms with Gasteiger partial charge in [-0.05, 0) is 47.7 Å². The topological polar surface area (TPSA) is 98.8 Å². The van der Waals surface area contributed by atoms with E-state index in [1.165, 1.54) is 12.1 Å². The number of hydrazine groups is 1.